The number of benzene rings is 2. The molecule has 2 amide bonds. The monoisotopic (exact) mass is 461 g/mol. The summed E-state index contributed by atoms with van der Waals surface area (Å²) < 4.78 is 34.3. The Morgan fingerprint density at radius 1 is 1.16 bits per heavy atom. The van der Waals surface area contributed by atoms with E-state index in [2.05, 4.69) is 9.71 Å². The van der Waals surface area contributed by atoms with E-state index in [1.165, 1.54) is 17.0 Å². The van der Waals surface area contributed by atoms with E-state index in [1.54, 1.807) is 50.4 Å². The van der Waals surface area contributed by atoms with Crippen LogP contribution in [0.15, 0.2) is 57.8 Å². The van der Waals surface area contributed by atoms with Gasteiger partial charge in [0.05, 0.1) is 12.0 Å². The van der Waals surface area contributed by atoms with Crippen molar-refractivity contribution < 1.29 is 22.7 Å². The molecule has 1 heterocycles. The average molecular weight is 462 g/mol. The Morgan fingerprint density at radius 2 is 1.81 bits per heavy atom. The van der Waals surface area contributed by atoms with E-state index < -0.39 is 15.3 Å². The van der Waals surface area contributed by atoms with E-state index >= 15 is 0 Å². The molecule has 10 heteroatoms. The molecule has 0 spiro atoms. The van der Waals surface area contributed by atoms with Crippen LogP contribution in [0.4, 0.5) is 5.69 Å². The topological polar surface area (TPSA) is 105 Å². The van der Waals surface area contributed by atoms with Crippen LogP contribution in [0.2, 0.25) is 0 Å². The van der Waals surface area contributed by atoms with Gasteiger partial charge in [0.15, 0.2) is 5.17 Å². The first kappa shape index (κ1) is 22.8. The van der Waals surface area contributed by atoms with E-state index in [4.69, 9.17) is 4.74 Å². The summed E-state index contributed by atoms with van der Waals surface area (Å²) in [5, 5.41) is 2.06. The number of hydrogen-bond donors (Lipinski definition) is 1. The molecular formula is C21H23N3O5S2. The third-order valence-electron chi connectivity index (χ3n) is 4.60. The maximum atomic E-state index is 12.7. The summed E-state index contributed by atoms with van der Waals surface area (Å²) in [5.41, 5.74) is 1.50. The lowest BCUT2D eigenvalue weighted by molar-refractivity contribution is -0.128. The Hall–Kier alpha value is -2.85. The highest BCUT2D eigenvalue weighted by Crippen LogP contribution is 2.31. The van der Waals surface area contributed by atoms with Gasteiger partial charge < -0.3 is 10.1 Å². The summed E-state index contributed by atoms with van der Waals surface area (Å²) in [5.74, 6) is -0.0290. The molecule has 1 atom stereocenters. The zero-order chi connectivity index (χ0) is 22.6. The van der Waals surface area contributed by atoms with E-state index in [0.29, 0.717) is 11.4 Å². The van der Waals surface area contributed by atoms with Gasteiger partial charge in [-0.25, -0.2) is 0 Å². The van der Waals surface area contributed by atoms with E-state index in [9.17, 15) is 18.0 Å². The van der Waals surface area contributed by atoms with Crippen molar-refractivity contribution in [2.24, 2.45) is 4.40 Å². The summed E-state index contributed by atoms with van der Waals surface area (Å²) in [6.45, 7) is 3.84. The van der Waals surface area contributed by atoms with E-state index in [1.807, 2.05) is 6.92 Å². The third kappa shape index (κ3) is 5.45. The quantitative estimate of drug-likeness (QED) is 0.680. The lowest BCUT2D eigenvalue weighted by atomic mass is 10.2. The van der Waals surface area contributed by atoms with Crippen molar-refractivity contribution in [3.05, 3.63) is 54.1 Å². The molecule has 0 saturated carbocycles. The molecular weight excluding hydrogens is 438 g/mol. The number of carbonyl (C=O) groups excluding carboxylic acids is 2. The van der Waals surface area contributed by atoms with Gasteiger partial charge in [0, 0.05) is 18.7 Å². The van der Waals surface area contributed by atoms with Gasteiger partial charge in [0.1, 0.15) is 11.0 Å². The molecule has 0 unspecified atom stereocenters. The van der Waals surface area contributed by atoms with Gasteiger partial charge in [-0.3, -0.25) is 14.5 Å². The first-order valence-corrected chi connectivity index (χ1v) is 11.9. The van der Waals surface area contributed by atoms with Crippen LogP contribution >= 0.6 is 11.8 Å². The Labute approximate surface area is 185 Å². The molecule has 0 aliphatic carbocycles. The number of hydrogen-bond acceptors (Lipinski definition) is 6. The molecule has 0 radical (unpaired) electrons. The van der Waals surface area contributed by atoms with Gasteiger partial charge in [-0.05, 0) is 50.2 Å². The summed E-state index contributed by atoms with van der Waals surface area (Å²) in [7, 11) is -2.42. The molecule has 31 heavy (non-hydrogen) atoms. The zero-order valence-electron chi connectivity index (χ0n) is 17.4. The minimum absolute atomic E-state index is 0.0513. The Morgan fingerprint density at radius 3 is 2.39 bits per heavy atom. The van der Waals surface area contributed by atoms with Crippen molar-refractivity contribution in [2.75, 3.05) is 19.0 Å². The zero-order valence-corrected chi connectivity index (χ0v) is 19.0. The number of rotatable bonds is 7. The first-order chi connectivity index (χ1) is 14.7. The van der Waals surface area contributed by atoms with Crippen LogP contribution < -0.4 is 10.1 Å². The highest BCUT2D eigenvalue weighted by atomic mass is 32.2. The number of sulfonamides is 1. The molecule has 1 aliphatic rings. The number of carbonyl (C=O) groups is 2. The van der Waals surface area contributed by atoms with Gasteiger partial charge in [0.2, 0.25) is 11.8 Å². The largest absolute Gasteiger partial charge is 0.497 e. The fourth-order valence-corrected chi connectivity index (χ4v) is 5.34. The summed E-state index contributed by atoms with van der Waals surface area (Å²) in [6, 6.07) is 13.1. The lowest BCUT2D eigenvalue weighted by Crippen LogP contribution is -2.33. The molecule has 1 aliphatic heterocycles. The molecule has 1 N–H and O–H groups in total. The van der Waals surface area contributed by atoms with Crippen molar-refractivity contribution in [1.82, 2.24) is 4.90 Å². The number of ether oxygens (including phenoxy) is 1. The number of nitrogens with zero attached hydrogens (tertiary/aromatic N) is 2. The predicted molar refractivity (Wildman–Crippen MR) is 121 cm³/mol. The van der Waals surface area contributed by atoms with Crippen LogP contribution in [0.25, 0.3) is 0 Å². The molecule has 1 saturated heterocycles. The number of nitrogens with one attached hydrogen (secondary N) is 1. The number of amidine groups is 1. The Bertz CT molecular complexity index is 1100. The van der Waals surface area contributed by atoms with Gasteiger partial charge in [-0.2, -0.15) is 8.42 Å². The molecule has 2 aromatic rings. The molecule has 1 fully saturated rings. The van der Waals surface area contributed by atoms with Crippen molar-refractivity contribution in [2.45, 2.75) is 30.4 Å². The van der Waals surface area contributed by atoms with Crippen LogP contribution in [0, 0.1) is 6.92 Å². The van der Waals surface area contributed by atoms with Crippen LogP contribution in [-0.2, 0) is 19.6 Å². The van der Waals surface area contributed by atoms with Crippen LogP contribution in [0.5, 0.6) is 5.75 Å². The second kappa shape index (κ2) is 9.52. The molecule has 164 valence electrons. The highest BCUT2D eigenvalue weighted by Gasteiger charge is 2.39. The second-order valence-electron chi connectivity index (χ2n) is 6.83. The number of anilines is 1. The molecule has 0 aromatic heterocycles. The summed E-state index contributed by atoms with van der Waals surface area (Å²) in [4.78, 5) is 26.5. The molecule has 2 aromatic carbocycles. The minimum atomic E-state index is -3.97. The van der Waals surface area contributed by atoms with Crippen molar-refractivity contribution in [3.8, 4) is 5.75 Å². The fourth-order valence-electron chi connectivity index (χ4n) is 2.92. The van der Waals surface area contributed by atoms with E-state index in [0.717, 1.165) is 17.3 Å². The van der Waals surface area contributed by atoms with Crippen LogP contribution in [0.1, 0.15) is 18.9 Å². The average Bonchev–Trinajstić information content (AvgIpc) is 3.02. The molecule has 3 rings (SSSR count). The Balaban J connectivity index is 1.73. The lowest BCUT2D eigenvalue weighted by Gasteiger charge is -2.13. The first-order valence-electron chi connectivity index (χ1n) is 9.57. The van der Waals surface area contributed by atoms with Gasteiger partial charge in [0.25, 0.3) is 10.0 Å². The van der Waals surface area contributed by atoms with Gasteiger partial charge in [-0.1, -0.05) is 29.5 Å². The molecule has 8 nitrogen and oxygen atoms in total. The molecule has 0 bridgehead atoms. The van der Waals surface area contributed by atoms with Gasteiger partial charge >= 0.3 is 0 Å². The number of aryl methyl sites for hydroxylation is 1. The van der Waals surface area contributed by atoms with Gasteiger partial charge in [-0.15, -0.1) is 4.40 Å². The predicted octanol–water partition coefficient (Wildman–Crippen LogP) is 3.04. The fraction of sp³-hybridized carbons (Fsp3) is 0.286. The second-order valence-corrected chi connectivity index (χ2v) is 9.61. The number of methoxy groups -OCH3 is 1. The smallest absolute Gasteiger partial charge is 0.284 e. The number of amides is 2. The number of thioether (sulfide) groups is 1. The SMILES string of the molecule is CCN1C(=O)[C@@H](CC(=O)Nc2ccc(OC)cc2)SC1=NS(=O)(=O)c1ccc(C)cc1. The maximum Gasteiger partial charge on any atom is 0.284 e. The van der Waals surface area contributed by atoms with E-state index in [-0.39, 0.29) is 34.8 Å². The van der Waals surface area contributed by atoms with Crippen molar-refractivity contribution in [3.63, 3.8) is 0 Å². The normalized spacial score (nSPS) is 17.8. The summed E-state index contributed by atoms with van der Waals surface area (Å²) in [6.07, 6.45) is -0.102. The third-order valence-corrected chi connectivity index (χ3v) is 7.17. The Kier molecular flexibility index (Phi) is 7.01. The standard InChI is InChI=1S/C21H23N3O5S2/c1-4-24-20(26)18(13-19(25)22-15-7-9-16(29-3)10-8-15)30-21(24)23-31(27,28)17-11-5-14(2)6-12-17/h5-12,18H,4,13H2,1-3H3,(H,22,25)/t18-/m1/s1. The van der Waals surface area contributed by atoms with Crippen LogP contribution in [-0.4, -0.2) is 49.2 Å². The van der Waals surface area contributed by atoms with Crippen molar-refractivity contribution >= 4 is 44.5 Å². The maximum absolute atomic E-state index is 12.7. The highest BCUT2D eigenvalue weighted by molar-refractivity contribution is 8.16. The van der Waals surface area contributed by atoms with Crippen molar-refractivity contribution in [1.29, 1.82) is 0 Å². The summed E-state index contributed by atoms with van der Waals surface area (Å²) >= 11 is 0.987. The minimum Gasteiger partial charge on any atom is -0.497 e. The van der Waals surface area contributed by atoms with Crippen LogP contribution in [0.3, 0.4) is 0 Å².